The second kappa shape index (κ2) is 7.66. The molecule has 0 spiro atoms. The molecule has 0 aromatic heterocycles. The fourth-order valence-electron chi connectivity index (χ4n) is 4.24. The van der Waals surface area contributed by atoms with Gasteiger partial charge in [0.2, 0.25) is 0 Å². The van der Waals surface area contributed by atoms with Crippen LogP contribution in [-0.4, -0.2) is 36.6 Å². The Kier molecular flexibility index (Phi) is 5.23. The van der Waals surface area contributed by atoms with E-state index in [0.29, 0.717) is 28.5 Å². The number of anilines is 1. The van der Waals surface area contributed by atoms with Crippen molar-refractivity contribution >= 4 is 29.0 Å². The minimum Gasteiger partial charge on any atom is -0.375 e. The van der Waals surface area contributed by atoms with E-state index < -0.39 is 11.5 Å². The van der Waals surface area contributed by atoms with Gasteiger partial charge in [-0.25, -0.2) is 0 Å². The van der Waals surface area contributed by atoms with Gasteiger partial charge < -0.3 is 10.0 Å². The van der Waals surface area contributed by atoms with Gasteiger partial charge in [0.15, 0.2) is 18.1 Å². The zero-order valence-corrected chi connectivity index (χ0v) is 16.4. The van der Waals surface area contributed by atoms with Crippen molar-refractivity contribution in [1.82, 2.24) is 0 Å². The van der Waals surface area contributed by atoms with Crippen molar-refractivity contribution < 1.29 is 19.6 Å². The number of rotatable bonds is 5. The molecule has 146 valence electrons. The van der Waals surface area contributed by atoms with E-state index >= 15 is 0 Å². The predicted octanol–water partition coefficient (Wildman–Crippen LogP) is 2.17. The zero-order valence-electron chi connectivity index (χ0n) is 15.7. The van der Waals surface area contributed by atoms with Crippen LogP contribution in [-0.2, 0) is 10.4 Å². The maximum atomic E-state index is 13.3. The summed E-state index contributed by atoms with van der Waals surface area (Å²) < 4.78 is 0. The molecule has 2 aromatic rings. The van der Waals surface area contributed by atoms with Crippen molar-refractivity contribution in [2.24, 2.45) is 0 Å². The number of amides is 1. The van der Waals surface area contributed by atoms with E-state index in [4.69, 9.17) is 11.6 Å². The molecule has 2 aliphatic heterocycles. The van der Waals surface area contributed by atoms with Crippen LogP contribution in [0.4, 0.5) is 5.69 Å². The first-order valence-electron chi connectivity index (χ1n) is 9.75. The first-order valence-corrected chi connectivity index (χ1v) is 10.1. The van der Waals surface area contributed by atoms with Crippen molar-refractivity contribution in [3.8, 4) is 0 Å². The highest BCUT2D eigenvalue weighted by molar-refractivity contribution is 6.30. The van der Waals surface area contributed by atoms with Crippen molar-refractivity contribution in [3.63, 3.8) is 0 Å². The molecule has 1 saturated heterocycles. The summed E-state index contributed by atoms with van der Waals surface area (Å²) in [7, 11) is 0. The number of Topliss-reactive ketones (excluding diaryl/α,β-unsaturated/α-hetero) is 1. The molecular weight excluding hydrogens is 376 g/mol. The molecule has 0 unspecified atom stereocenters. The van der Waals surface area contributed by atoms with Crippen molar-refractivity contribution in [2.45, 2.75) is 31.3 Å². The molecule has 0 saturated carbocycles. The highest BCUT2D eigenvalue weighted by Gasteiger charge is 2.51. The largest absolute Gasteiger partial charge is 0.375 e. The second-order valence-corrected chi connectivity index (χ2v) is 8.12. The number of aliphatic hydroxyl groups is 1. The lowest BCUT2D eigenvalue weighted by atomic mass is 9.88. The van der Waals surface area contributed by atoms with Gasteiger partial charge in [0.1, 0.15) is 0 Å². The number of likely N-dealkylation sites (tertiary alicyclic amines) is 1. The Bertz CT molecular complexity index is 893. The zero-order chi connectivity index (χ0) is 19.7. The number of halogens is 1. The van der Waals surface area contributed by atoms with E-state index in [1.165, 1.54) is 11.3 Å². The number of para-hydroxylation sites is 1. The van der Waals surface area contributed by atoms with Crippen LogP contribution < -0.4 is 9.80 Å². The number of carbonyl (C=O) groups excluding carboxylic acids is 2. The maximum Gasteiger partial charge on any atom is 0.268 e. The second-order valence-electron chi connectivity index (χ2n) is 7.69. The quantitative estimate of drug-likeness (QED) is 0.757. The molecule has 28 heavy (non-hydrogen) atoms. The number of benzene rings is 2. The van der Waals surface area contributed by atoms with Crippen molar-refractivity contribution in [3.05, 3.63) is 64.7 Å². The number of ketones is 1. The van der Waals surface area contributed by atoms with Gasteiger partial charge in [0.25, 0.3) is 5.91 Å². The number of nitrogens with one attached hydrogen (secondary N) is 1. The van der Waals surface area contributed by atoms with E-state index in [0.717, 1.165) is 25.9 Å². The van der Waals surface area contributed by atoms with E-state index in [9.17, 15) is 14.7 Å². The minimum absolute atomic E-state index is 0.281. The standard InChI is InChI=1S/C22H23ClN2O3/c23-17-10-8-16(9-11-17)20(26)14-22(28)18-6-2-3-7-19(18)25(21(22)27)15-24-12-4-1-5-13-24/h2-3,6-11,28H,1,4-5,12-15H2/p+1/t22-/m1/s1. The number of hydrogen-bond donors (Lipinski definition) is 2. The Morgan fingerprint density at radius 3 is 2.46 bits per heavy atom. The van der Waals surface area contributed by atoms with Crippen molar-refractivity contribution in [2.75, 3.05) is 24.7 Å². The molecule has 2 aromatic carbocycles. The van der Waals surface area contributed by atoms with Gasteiger partial charge in [-0.2, -0.15) is 0 Å². The summed E-state index contributed by atoms with van der Waals surface area (Å²) in [6.07, 6.45) is 3.25. The van der Waals surface area contributed by atoms with Crippen molar-refractivity contribution in [1.29, 1.82) is 0 Å². The molecule has 1 atom stereocenters. The third kappa shape index (κ3) is 3.46. The lowest BCUT2D eigenvalue weighted by Gasteiger charge is -2.29. The molecule has 2 aliphatic rings. The highest BCUT2D eigenvalue weighted by atomic mass is 35.5. The van der Waals surface area contributed by atoms with Crippen LogP contribution >= 0.6 is 11.6 Å². The Labute approximate surface area is 169 Å². The summed E-state index contributed by atoms with van der Waals surface area (Å²) >= 11 is 5.89. The molecule has 1 amide bonds. The fourth-order valence-corrected chi connectivity index (χ4v) is 4.36. The third-order valence-corrected chi connectivity index (χ3v) is 6.02. The van der Waals surface area contributed by atoms with Gasteiger partial charge in [-0.3, -0.25) is 14.5 Å². The SMILES string of the molecule is O=C(C[C@]1(O)C(=O)N(C[NH+]2CCCCC2)c2ccccc21)c1ccc(Cl)cc1. The topological polar surface area (TPSA) is 62.0 Å². The maximum absolute atomic E-state index is 13.3. The molecule has 2 heterocycles. The van der Waals surface area contributed by atoms with Gasteiger partial charge >= 0.3 is 0 Å². The molecule has 0 radical (unpaired) electrons. The molecular formula is C22H24ClN2O3+. The molecule has 4 rings (SSSR count). The number of piperidine rings is 1. The summed E-state index contributed by atoms with van der Waals surface area (Å²) in [5.74, 6) is -0.691. The summed E-state index contributed by atoms with van der Waals surface area (Å²) in [6, 6.07) is 13.8. The van der Waals surface area contributed by atoms with E-state index in [-0.39, 0.29) is 12.2 Å². The van der Waals surface area contributed by atoms with Crippen LogP contribution in [0.1, 0.15) is 41.6 Å². The van der Waals surface area contributed by atoms with E-state index in [1.807, 2.05) is 12.1 Å². The molecule has 0 bridgehead atoms. The van der Waals surface area contributed by atoms with E-state index in [2.05, 4.69) is 0 Å². The first-order chi connectivity index (χ1) is 13.5. The molecule has 5 nitrogen and oxygen atoms in total. The first kappa shape index (κ1) is 19.1. The highest BCUT2D eigenvalue weighted by Crippen LogP contribution is 2.42. The summed E-state index contributed by atoms with van der Waals surface area (Å²) in [4.78, 5) is 29.1. The summed E-state index contributed by atoms with van der Waals surface area (Å²) in [5.41, 5.74) is -0.179. The molecule has 1 fully saturated rings. The third-order valence-electron chi connectivity index (χ3n) is 5.76. The van der Waals surface area contributed by atoms with Gasteiger partial charge in [0.05, 0.1) is 25.2 Å². The number of quaternary nitrogens is 1. The number of nitrogens with zero attached hydrogens (tertiary/aromatic N) is 1. The Hall–Kier alpha value is -2.21. The lowest BCUT2D eigenvalue weighted by Crippen LogP contribution is -3.14. The van der Waals surface area contributed by atoms with Crippen LogP contribution in [0.3, 0.4) is 0 Å². The normalized spacial score (nSPS) is 22.4. The summed E-state index contributed by atoms with van der Waals surface area (Å²) in [5, 5.41) is 11.9. The number of hydrogen-bond acceptors (Lipinski definition) is 3. The van der Waals surface area contributed by atoms with Gasteiger partial charge in [-0.15, -0.1) is 0 Å². The van der Waals surface area contributed by atoms with Gasteiger partial charge in [-0.1, -0.05) is 29.8 Å². The average Bonchev–Trinajstić information content (AvgIpc) is 2.91. The summed E-state index contributed by atoms with van der Waals surface area (Å²) in [6.45, 7) is 2.56. The number of fused-ring (bicyclic) bond motifs is 1. The smallest absolute Gasteiger partial charge is 0.268 e. The predicted molar refractivity (Wildman–Crippen MR) is 108 cm³/mol. The van der Waals surface area contributed by atoms with Crippen LogP contribution in [0.5, 0.6) is 0 Å². The number of carbonyl (C=O) groups is 2. The molecule has 0 aliphatic carbocycles. The monoisotopic (exact) mass is 399 g/mol. The van der Waals surface area contributed by atoms with Crippen LogP contribution in [0.15, 0.2) is 48.5 Å². The Morgan fingerprint density at radius 2 is 1.75 bits per heavy atom. The van der Waals surface area contributed by atoms with Gasteiger partial charge in [0, 0.05) is 16.1 Å². The lowest BCUT2D eigenvalue weighted by molar-refractivity contribution is -0.903. The van der Waals surface area contributed by atoms with E-state index in [1.54, 1.807) is 41.3 Å². The minimum atomic E-state index is -1.83. The van der Waals surface area contributed by atoms with Crippen LogP contribution in [0, 0.1) is 0 Å². The van der Waals surface area contributed by atoms with Gasteiger partial charge in [-0.05, 0) is 49.6 Å². The molecule has 2 N–H and O–H groups in total. The Balaban J connectivity index is 1.61. The molecule has 6 heteroatoms. The fraction of sp³-hybridized carbons (Fsp3) is 0.364. The van der Waals surface area contributed by atoms with Crippen LogP contribution in [0.2, 0.25) is 5.02 Å². The average molecular weight is 400 g/mol. The van der Waals surface area contributed by atoms with Crippen LogP contribution in [0.25, 0.3) is 0 Å². The Morgan fingerprint density at radius 1 is 1.07 bits per heavy atom.